The minimum absolute atomic E-state index is 0.211. The van der Waals surface area contributed by atoms with Gasteiger partial charge in [-0.25, -0.2) is 14.0 Å². The van der Waals surface area contributed by atoms with Gasteiger partial charge in [0.1, 0.15) is 0 Å². The lowest BCUT2D eigenvalue weighted by atomic mass is 10.2. The van der Waals surface area contributed by atoms with E-state index in [4.69, 9.17) is 23.2 Å². The fourth-order valence-electron chi connectivity index (χ4n) is 2.32. The van der Waals surface area contributed by atoms with Crippen LogP contribution in [0.15, 0.2) is 47.5 Å². The monoisotopic (exact) mass is 348 g/mol. The van der Waals surface area contributed by atoms with Gasteiger partial charge in [-0.2, -0.15) is 0 Å². The average molecular weight is 349 g/mol. The Morgan fingerprint density at radius 3 is 2.52 bits per heavy atom. The van der Waals surface area contributed by atoms with Gasteiger partial charge in [-0.3, -0.25) is 4.98 Å². The number of rotatable bonds is 4. The standard InChI is InChI=1S/C16H14Cl2N4O/c1-2-9-21-16(23)22(12-5-3-11(17)4-6-12)15(20-21)13-7-8-19-10-14(13)18/h3-8,10H,2,9H2,1H3. The maximum absolute atomic E-state index is 12.7. The summed E-state index contributed by atoms with van der Waals surface area (Å²) in [7, 11) is 0. The van der Waals surface area contributed by atoms with Gasteiger partial charge in [-0.05, 0) is 36.8 Å². The van der Waals surface area contributed by atoms with E-state index in [-0.39, 0.29) is 5.69 Å². The first-order valence-electron chi connectivity index (χ1n) is 7.17. The second-order valence-corrected chi connectivity index (χ2v) is 5.84. The zero-order valence-electron chi connectivity index (χ0n) is 12.4. The van der Waals surface area contributed by atoms with Crippen LogP contribution in [-0.2, 0) is 6.54 Å². The van der Waals surface area contributed by atoms with Gasteiger partial charge in [0.2, 0.25) is 0 Å². The molecule has 3 aromatic rings. The van der Waals surface area contributed by atoms with Gasteiger partial charge in [0.05, 0.1) is 10.7 Å². The van der Waals surface area contributed by atoms with E-state index in [0.29, 0.717) is 33.7 Å². The van der Waals surface area contributed by atoms with E-state index >= 15 is 0 Å². The third-order valence-electron chi connectivity index (χ3n) is 3.37. The zero-order valence-corrected chi connectivity index (χ0v) is 13.9. The minimum Gasteiger partial charge on any atom is -0.263 e. The van der Waals surface area contributed by atoms with Crippen LogP contribution in [0.3, 0.4) is 0 Å². The van der Waals surface area contributed by atoms with Crippen LogP contribution in [0.4, 0.5) is 0 Å². The summed E-state index contributed by atoms with van der Waals surface area (Å²) in [4.78, 5) is 16.7. The van der Waals surface area contributed by atoms with Crippen molar-refractivity contribution in [3.8, 4) is 17.1 Å². The van der Waals surface area contributed by atoms with Crippen molar-refractivity contribution < 1.29 is 0 Å². The van der Waals surface area contributed by atoms with Gasteiger partial charge in [-0.15, -0.1) is 5.10 Å². The van der Waals surface area contributed by atoms with E-state index in [1.807, 2.05) is 6.92 Å². The summed E-state index contributed by atoms with van der Waals surface area (Å²) in [6, 6.07) is 8.77. The van der Waals surface area contributed by atoms with E-state index in [9.17, 15) is 4.79 Å². The van der Waals surface area contributed by atoms with Crippen molar-refractivity contribution in [1.82, 2.24) is 19.3 Å². The van der Waals surface area contributed by atoms with Crippen molar-refractivity contribution in [2.24, 2.45) is 0 Å². The zero-order chi connectivity index (χ0) is 16.4. The van der Waals surface area contributed by atoms with Gasteiger partial charge >= 0.3 is 5.69 Å². The maximum Gasteiger partial charge on any atom is 0.350 e. The lowest BCUT2D eigenvalue weighted by Crippen LogP contribution is -2.24. The molecule has 5 nitrogen and oxygen atoms in total. The Kier molecular flexibility index (Phi) is 4.50. The van der Waals surface area contributed by atoms with E-state index < -0.39 is 0 Å². The topological polar surface area (TPSA) is 52.7 Å². The lowest BCUT2D eigenvalue weighted by Gasteiger charge is -2.06. The second kappa shape index (κ2) is 6.56. The molecule has 0 fully saturated rings. The molecule has 2 aromatic heterocycles. The molecule has 23 heavy (non-hydrogen) atoms. The van der Waals surface area contributed by atoms with Crippen molar-refractivity contribution in [2.75, 3.05) is 0 Å². The number of aromatic nitrogens is 4. The maximum atomic E-state index is 12.7. The van der Waals surface area contributed by atoms with Crippen LogP contribution in [0.5, 0.6) is 0 Å². The smallest absolute Gasteiger partial charge is 0.263 e. The Morgan fingerprint density at radius 2 is 1.87 bits per heavy atom. The highest BCUT2D eigenvalue weighted by Gasteiger charge is 2.18. The van der Waals surface area contributed by atoms with Crippen molar-refractivity contribution >= 4 is 23.2 Å². The summed E-state index contributed by atoms with van der Waals surface area (Å²) in [5.41, 5.74) is 1.13. The van der Waals surface area contributed by atoms with Crippen molar-refractivity contribution in [2.45, 2.75) is 19.9 Å². The Morgan fingerprint density at radius 1 is 1.13 bits per heavy atom. The van der Waals surface area contributed by atoms with Crippen LogP contribution in [0, 0.1) is 0 Å². The van der Waals surface area contributed by atoms with Crippen LogP contribution in [0.1, 0.15) is 13.3 Å². The number of hydrogen-bond acceptors (Lipinski definition) is 3. The van der Waals surface area contributed by atoms with Gasteiger partial charge in [0, 0.05) is 29.5 Å². The number of halogens is 2. The highest BCUT2D eigenvalue weighted by Crippen LogP contribution is 2.26. The molecule has 0 atom stereocenters. The molecule has 0 bridgehead atoms. The molecule has 0 aliphatic rings. The Balaban J connectivity index is 2.26. The molecule has 0 saturated heterocycles. The number of pyridine rings is 1. The number of nitrogens with zero attached hydrogens (tertiary/aromatic N) is 4. The molecule has 118 valence electrons. The highest BCUT2D eigenvalue weighted by molar-refractivity contribution is 6.33. The van der Waals surface area contributed by atoms with Crippen LogP contribution in [0.25, 0.3) is 17.1 Å². The first-order chi connectivity index (χ1) is 11.1. The van der Waals surface area contributed by atoms with Gasteiger partial charge in [0.15, 0.2) is 5.82 Å². The van der Waals surface area contributed by atoms with Gasteiger partial charge < -0.3 is 0 Å². The van der Waals surface area contributed by atoms with E-state index in [2.05, 4.69) is 10.1 Å². The first kappa shape index (κ1) is 15.8. The molecule has 0 spiro atoms. The van der Waals surface area contributed by atoms with Crippen molar-refractivity contribution in [1.29, 1.82) is 0 Å². The molecule has 0 unspecified atom stereocenters. The van der Waals surface area contributed by atoms with Crippen LogP contribution in [-0.4, -0.2) is 19.3 Å². The van der Waals surface area contributed by atoms with E-state index in [1.54, 1.807) is 36.5 Å². The highest BCUT2D eigenvalue weighted by atomic mass is 35.5. The first-order valence-corrected chi connectivity index (χ1v) is 7.93. The molecule has 0 aliphatic heterocycles. The summed E-state index contributed by atoms with van der Waals surface area (Å²) in [6.07, 6.45) is 3.96. The predicted molar refractivity (Wildman–Crippen MR) is 91.4 cm³/mol. The van der Waals surface area contributed by atoms with Gasteiger partial charge in [-0.1, -0.05) is 30.1 Å². The summed E-state index contributed by atoms with van der Waals surface area (Å²) in [5, 5.41) is 5.50. The number of hydrogen-bond donors (Lipinski definition) is 0. The second-order valence-electron chi connectivity index (χ2n) is 5.00. The minimum atomic E-state index is -0.211. The Hall–Kier alpha value is -2.11. The van der Waals surface area contributed by atoms with Crippen LogP contribution >= 0.6 is 23.2 Å². The summed E-state index contributed by atoms with van der Waals surface area (Å²) in [5.74, 6) is 0.484. The SMILES string of the molecule is CCCn1nc(-c2ccncc2Cl)n(-c2ccc(Cl)cc2)c1=O. The normalized spacial score (nSPS) is 10.9. The van der Waals surface area contributed by atoms with Crippen LogP contribution < -0.4 is 5.69 Å². The molecular formula is C16H14Cl2N4O. The molecule has 0 N–H and O–H groups in total. The molecular weight excluding hydrogens is 335 g/mol. The summed E-state index contributed by atoms with van der Waals surface area (Å²) >= 11 is 12.2. The quantitative estimate of drug-likeness (QED) is 0.720. The Bertz CT molecular complexity index is 884. The molecule has 2 heterocycles. The fourth-order valence-corrected chi connectivity index (χ4v) is 2.65. The molecule has 0 saturated carbocycles. The molecule has 3 rings (SSSR count). The van der Waals surface area contributed by atoms with Gasteiger partial charge in [0.25, 0.3) is 0 Å². The number of benzene rings is 1. The van der Waals surface area contributed by atoms with Crippen molar-refractivity contribution in [3.63, 3.8) is 0 Å². The van der Waals surface area contributed by atoms with Crippen molar-refractivity contribution in [3.05, 3.63) is 63.3 Å². The molecule has 1 aromatic carbocycles. The van der Waals surface area contributed by atoms with E-state index in [1.165, 1.54) is 15.4 Å². The molecule has 7 heteroatoms. The summed E-state index contributed by atoms with van der Waals surface area (Å²) in [6.45, 7) is 2.53. The molecule has 0 radical (unpaired) electrons. The lowest BCUT2D eigenvalue weighted by molar-refractivity contribution is 0.579. The van der Waals surface area contributed by atoms with E-state index in [0.717, 1.165) is 6.42 Å². The Labute approximate surface area is 143 Å². The fraction of sp³-hybridized carbons (Fsp3) is 0.188. The third-order valence-corrected chi connectivity index (χ3v) is 3.93. The third kappa shape index (κ3) is 3.02. The largest absolute Gasteiger partial charge is 0.350 e. The molecule has 0 aliphatic carbocycles. The van der Waals surface area contributed by atoms with Crippen LogP contribution in [0.2, 0.25) is 10.0 Å². The predicted octanol–water partition coefficient (Wildman–Crippen LogP) is 3.81. The molecule has 0 amide bonds. The summed E-state index contributed by atoms with van der Waals surface area (Å²) < 4.78 is 2.98. The average Bonchev–Trinajstić information content (AvgIpc) is 2.86. The number of aryl methyl sites for hydroxylation is 1.